The molecule has 1 saturated heterocycles. The number of hydrogen-bond acceptors (Lipinski definition) is 2. The van der Waals surface area contributed by atoms with Crippen LogP contribution in [0.1, 0.15) is 42.7 Å². The number of hydrogen-bond donors (Lipinski definition) is 2. The van der Waals surface area contributed by atoms with Gasteiger partial charge in [-0.15, -0.1) is 0 Å². The summed E-state index contributed by atoms with van der Waals surface area (Å²) in [6.07, 6.45) is 3.55. The summed E-state index contributed by atoms with van der Waals surface area (Å²) in [6, 6.07) is 5.11. The topological polar surface area (TPSA) is 41.1 Å². The van der Waals surface area contributed by atoms with E-state index in [0.29, 0.717) is 6.42 Å². The molecule has 1 aromatic carbocycles. The Morgan fingerprint density at radius 3 is 2.90 bits per heavy atom. The Bertz CT molecular complexity index is 523. The Morgan fingerprint density at radius 2 is 2.20 bits per heavy atom. The van der Waals surface area contributed by atoms with Gasteiger partial charge in [0.25, 0.3) is 0 Å². The molecule has 1 spiro atoms. The van der Waals surface area contributed by atoms with E-state index in [9.17, 15) is 9.18 Å². The predicted molar refractivity (Wildman–Crippen MR) is 76.2 cm³/mol. The van der Waals surface area contributed by atoms with E-state index in [1.807, 2.05) is 6.07 Å². The van der Waals surface area contributed by atoms with Crippen LogP contribution < -0.4 is 10.6 Å². The van der Waals surface area contributed by atoms with E-state index in [2.05, 4.69) is 10.6 Å². The first kappa shape index (κ1) is 13.6. The molecule has 1 atom stereocenters. The molecule has 1 amide bonds. The molecule has 2 aliphatic rings. The highest BCUT2D eigenvalue weighted by Crippen LogP contribution is 2.52. The zero-order chi connectivity index (χ0) is 14.2. The lowest BCUT2D eigenvalue weighted by Gasteiger charge is -2.35. The molecule has 1 unspecified atom stereocenters. The van der Waals surface area contributed by atoms with Crippen molar-refractivity contribution in [1.29, 1.82) is 0 Å². The highest BCUT2D eigenvalue weighted by molar-refractivity contribution is 5.77. The van der Waals surface area contributed by atoms with Crippen LogP contribution in [-0.2, 0) is 10.2 Å². The molecule has 1 aromatic rings. The Kier molecular flexibility index (Phi) is 3.50. The van der Waals surface area contributed by atoms with Crippen molar-refractivity contribution in [3.63, 3.8) is 0 Å². The zero-order valence-corrected chi connectivity index (χ0v) is 11.8. The van der Waals surface area contributed by atoms with Crippen molar-refractivity contribution in [3.8, 4) is 0 Å². The van der Waals surface area contributed by atoms with Crippen molar-refractivity contribution in [2.24, 2.45) is 0 Å². The lowest BCUT2D eigenvalue weighted by atomic mass is 9.73. The summed E-state index contributed by atoms with van der Waals surface area (Å²) in [5, 5.41) is 6.08. The van der Waals surface area contributed by atoms with E-state index >= 15 is 0 Å². The molecule has 1 fully saturated rings. The standard InChI is InChI=1S/C16H21FN2O/c1-18-15(20)8-11-10-16(4-6-19-7-5-16)14-9-12(17)2-3-13(11)14/h2-3,9,11,19H,4-8,10H2,1H3,(H,18,20). The van der Waals surface area contributed by atoms with Gasteiger partial charge in [0.05, 0.1) is 0 Å². The number of amides is 1. The molecule has 0 aromatic heterocycles. The van der Waals surface area contributed by atoms with E-state index in [0.717, 1.165) is 37.9 Å². The van der Waals surface area contributed by atoms with Crippen molar-refractivity contribution < 1.29 is 9.18 Å². The summed E-state index contributed by atoms with van der Waals surface area (Å²) in [4.78, 5) is 11.7. The molecule has 20 heavy (non-hydrogen) atoms. The van der Waals surface area contributed by atoms with Gasteiger partial charge in [0.1, 0.15) is 5.82 Å². The van der Waals surface area contributed by atoms with Gasteiger partial charge in [-0.3, -0.25) is 4.79 Å². The predicted octanol–water partition coefficient (Wildman–Crippen LogP) is 2.07. The number of halogens is 1. The third-order valence-electron chi connectivity index (χ3n) is 4.93. The van der Waals surface area contributed by atoms with Crippen LogP contribution in [-0.4, -0.2) is 26.0 Å². The lowest BCUT2D eigenvalue weighted by Crippen LogP contribution is -2.38. The molecule has 4 heteroatoms. The third-order valence-corrected chi connectivity index (χ3v) is 4.93. The number of fused-ring (bicyclic) bond motifs is 2. The van der Waals surface area contributed by atoms with Crippen molar-refractivity contribution >= 4 is 5.91 Å². The van der Waals surface area contributed by atoms with Gasteiger partial charge in [0, 0.05) is 13.5 Å². The maximum atomic E-state index is 13.7. The molecular formula is C16H21FN2O. The van der Waals surface area contributed by atoms with Crippen molar-refractivity contribution in [1.82, 2.24) is 10.6 Å². The zero-order valence-electron chi connectivity index (χ0n) is 11.8. The summed E-state index contributed by atoms with van der Waals surface area (Å²) in [5.74, 6) is 0.127. The minimum Gasteiger partial charge on any atom is -0.359 e. The molecule has 3 nitrogen and oxygen atoms in total. The fourth-order valence-corrected chi connectivity index (χ4v) is 3.92. The quantitative estimate of drug-likeness (QED) is 0.868. The largest absolute Gasteiger partial charge is 0.359 e. The third kappa shape index (κ3) is 2.22. The van der Waals surface area contributed by atoms with Gasteiger partial charge in [-0.25, -0.2) is 4.39 Å². The smallest absolute Gasteiger partial charge is 0.220 e. The molecule has 3 rings (SSSR count). The summed E-state index contributed by atoms with van der Waals surface area (Å²) < 4.78 is 13.7. The number of benzene rings is 1. The molecule has 1 aliphatic heterocycles. The first-order valence-corrected chi connectivity index (χ1v) is 7.36. The second-order valence-corrected chi connectivity index (χ2v) is 6.04. The Hall–Kier alpha value is -1.42. The van der Waals surface area contributed by atoms with Gasteiger partial charge < -0.3 is 10.6 Å². The summed E-state index contributed by atoms with van der Waals surface area (Å²) in [7, 11) is 1.67. The van der Waals surface area contributed by atoms with Crippen molar-refractivity contribution in [2.75, 3.05) is 20.1 Å². The maximum absolute atomic E-state index is 13.7. The summed E-state index contributed by atoms with van der Waals surface area (Å²) in [6.45, 7) is 1.95. The summed E-state index contributed by atoms with van der Waals surface area (Å²) in [5.41, 5.74) is 2.39. The lowest BCUT2D eigenvalue weighted by molar-refractivity contribution is -0.121. The number of nitrogens with one attached hydrogen (secondary N) is 2. The fraction of sp³-hybridized carbons (Fsp3) is 0.562. The van der Waals surface area contributed by atoms with E-state index in [1.54, 1.807) is 13.1 Å². The number of rotatable bonds is 2. The first-order valence-electron chi connectivity index (χ1n) is 7.36. The Labute approximate surface area is 118 Å². The average molecular weight is 276 g/mol. The van der Waals surface area contributed by atoms with Crippen molar-refractivity contribution in [3.05, 3.63) is 35.1 Å². The minimum atomic E-state index is -0.165. The summed E-state index contributed by atoms with van der Waals surface area (Å²) >= 11 is 0. The molecule has 1 aliphatic carbocycles. The molecule has 0 bridgehead atoms. The Morgan fingerprint density at radius 1 is 1.45 bits per heavy atom. The highest BCUT2D eigenvalue weighted by Gasteiger charge is 2.44. The second kappa shape index (κ2) is 5.17. The van der Waals surface area contributed by atoms with Crippen LogP contribution in [0.3, 0.4) is 0 Å². The maximum Gasteiger partial charge on any atom is 0.220 e. The van der Waals surface area contributed by atoms with Crippen LogP contribution in [0.2, 0.25) is 0 Å². The van der Waals surface area contributed by atoms with Gasteiger partial charge in [-0.05, 0) is 66.9 Å². The molecule has 108 valence electrons. The van der Waals surface area contributed by atoms with Crippen LogP contribution >= 0.6 is 0 Å². The number of carbonyl (C=O) groups is 1. The van der Waals surface area contributed by atoms with Crippen LogP contribution in [0.25, 0.3) is 0 Å². The molecule has 2 N–H and O–H groups in total. The number of carbonyl (C=O) groups excluding carboxylic acids is 1. The van der Waals surface area contributed by atoms with E-state index < -0.39 is 0 Å². The molecule has 0 radical (unpaired) electrons. The molecule has 1 heterocycles. The normalized spacial score (nSPS) is 23.6. The number of piperidine rings is 1. The van der Waals surface area contributed by atoms with Gasteiger partial charge in [-0.1, -0.05) is 6.07 Å². The van der Waals surface area contributed by atoms with Crippen LogP contribution in [0.15, 0.2) is 18.2 Å². The SMILES string of the molecule is CNC(=O)CC1CC2(CCNCC2)c2cc(F)ccc21. The van der Waals surface area contributed by atoms with Gasteiger partial charge in [-0.2, -0.15) is 0 Å². The van der Waals surface area contributed by atoms with Gasteiger partial charge in [0.2, 0.25) is 5.91 Å². The van der Waals surface area contributed by atoms with Crippen LogP contribution in [0, 0.1) is 5.82 Å². The molecular weight excluding hydrogens is 255 g/mol. The first-order chi connectivity index (χ1) is 9.64. The molecule has 0 saturated carbocycles. The van der Waals surface area contributed by atoms with Crippen LogP contribution in [0.4, 0.5) is 4.39 Å². The van der Waals surface area contributed by atoms with Gasteiger partial charge >= 0.3 is 0 Å². The van der Waals surface area contributed by atoms with Gasteiger partial charge in [0.15, 0.2) is 0 Å². The monoisotopic (exact) mass is 276 g/mol. The second-order valence-electron chi connectivity index (χ2n) is 6.04. The van der Waals surface area contributed by atoms with Crippen LogP contribution in [0.5, 0.6) is 0 Å². The fourth-order valence-electron chi connectivity index (χ4n) is 3.92. The van der Waals surface area contributed by atoms with E-state index in [4.69, 9.17) is 0 Å². The van der Waals surface area contributed by atoms with E-state index in [1.165, 1.54) is 11.6 Å². The van der Waals surface area contributed by atoms with Crippen molar-refractivity contribution in [2.45, 2.75) is 37.0 Å². The van der Waals surface area contributed by atoms with E-state index in [-0.39, 0.29) is 23.1 Å². The minimum absolute atomic E-state index is 0.0660. The highest BCUT2D eigenvalue weighted by atomic mass is 19.1. The Balaban J connectivity index is 1.97. The average Bonchev–Trinajstić information content (AvgIpc) is 2.73.